The number of carbonyl (C=O) groups is 1. The van der Waals surface area contributed by atoms with Crippen LogP contribution in [0, 0.1) is 0 Å². The van der Waals surface area contributed by atoms with Gasteiger partial charge in [0.25, 0.3) is 5.91 Å². The van der Waals surface area contributed by atoms with E-state index in [-0.39, 0.29) is 5.91 Å². The lowest BCUT2D eigenvalue weighted by molar-refractivity contribution is 0.0303. The van der Waals surface area contributed by atoms with Crippen LogP contribution < -0.4 is 10.1 Å². The van der Waals surface area contributed by atoms with Crippen molar-refractivity contribution in [1.82, 2.24) is 9.88 Å². The second-order valence-corrected chi connectivity index (χ2v) is 5.39. The Morgan fingerprint density at radius 1 is 1.25 bits per heavy atom. The maximum Gasteiger partial charge on any atom is 0.257 e. The molecule has 1 aliphatic rings. The lowest BCUT2D eigenvalue weighted by atomic mass is 10.2. The van der Waals surface area contributed by atoms with Gasteiger partial charge in [0.05, 0.1) is 25.4 Å². The molecule has 0 atom stereocenters. The summed E-state index contributed by atoms with van der Waals surface area (Å²) in [5.74, 6) is 1.34. The molecule has 0 radical (unpaired) electrons. The van der Waals surface area contributed by atoms with Crippen LogP contribution in [0.2, 0.25) is 0 Å². The summed E-state index contributed by atoms with van der Waals surface area (Å²) in [5, 5.41) is 3.22. The number of amides is 1. The maximum absolute atomic E-state index is 12.7. The normalized spacial score (nSPS) is 14.3. The van der Waals surface area contributed by atoms with E-state index in [0.717, 1.165) is 11.4 Å². The van der Waals surface area contributed by atoms with Gasteiger partial charge in [-0.05, 0) is 43.3 Å². The topological polar surface area (TPSA) is 63.7 Å². The highest BCUT2D eigenvalue weighted by molar-refractivity contribution is 5.99. The van der Waals surface area contributed by atoms with Gasteiger partial charge in [0.15, 0.2) is 0 Å². The van der Waals surface area contributed by atoms with Crippen LogP contribution in [0.5, 0.6) is 5.75 Å². The first-order valence-electron chi connectivity index (χ1n) is 8.10. The molecule has 0 bridgehead atoms. The van der Waals surface area contributed by atoms with Crippen LogP contribution in [0.1, 0.15) is 17.3 Å². The third-order valence-corrected chi connectivity index (χ3v) is 3.76. The van der Waals surface area contributed by atoms with E-state index in [0.29, 0.717) is 44.3 Å². The number of pyridine rings is 1. The largest absolute Gasteiger partial charge is 0.494 e. The zero-order chi connectivity index (χ0) is 16.8. The van der Waals surface area contributed by atoms with Gasteiger partial charge in [0.2, 0.25) is 0 Å². The Kier molecular flexibility index (Phi) is 5.28. The standard InChI is InChI=1S/C18H21N3O3/c1-2-24-15-7-5-14(6-8-15)20-17-16(4-3-9-19-17)18(22)21-10-12-23-13-11-21/h3-9H,2,10-13H2,1H3,(H,19,20). The zero-order valence-electron chi connectivity index (χ0n) is 13.7. The molecule has 1 saturated heterocycles. The van der Waals surface area contributed by atoms with Crippen molar-refractivity contribution >= 4 is 17.4 Å². The Labute approximate surface area is 141 Å². The molecule has 126 valence electrons. The molecule has 1 aromatic carbocycles. The van der Waals surface area contributed by atoms with Crippen LogP contribution in [0.15, 0.2) is 42.6 Å². The van der Waals surface area contributed by atoms with Crippen molar-refractivity contribution in [3.05, 3.63) is 48.2 Å². The summed E-state index contributed by atoms with van der Waals surface area (Å²) in [6.07, 6.45) is 1.67. The molecule has 6 heteroatoms. The summed E-state index contributed by atoms with van der Waals surface area (Å²) in [6.45, 7) is 4.95. The first-order chi connectivity index (χ1) is 11.8. The molecule has 1 amide bonds. The van der Waals surface area contributed by atoms with Crippen LogP contribution in [0.25, 0.3) is 0 Å². The smallest absolute Gasteiger partial charge is 0.257 e. The maximum atomic E-state index is 12.7. The highest BCUT2D eigenvalue weighted by Crippen LogP contribution is 2.22. The second-order valence-electron chi connectivity index (χ2n) is 5.39. The third-order valence-electron chi connectivity index (χ3n) is 3.76. The van der Waals surface area contributed by atoms with Crippen LogP contribution in [-0.2, 0) is 4.74 Å². The minimum Gasteiger partial charge on any atom is -0.494 e. The molecule has 0 spiro atoms. The molecule has 1 fully saturated rings. The van der Waals surface area contributed by atoms with Gasteiger partial charge in [0.1, 0.15) is 11.6 Å². The van der Waals surface area contributed by atoms with Crippen LogP contribution in [0.3, 0.4) is 0 Å². The van der Waals surface area contributed by atoms with E-state index in [2.05, 4.69) is 10.3 Å². The molecule has 2 aromatic rings. The molecular formula is C18H21N3O3. The van der Waals surface area contributed by atoms with Crippen molar-refractivity contribution in [1.29, 1.82) is 0 Å². The fourth-order valence-corrected chi connectivity index (χ4v) is 2.55. The van der Waals surface area contributed by atoms with E-state index < -0.39 is 0 Å². The van der Waals surface area contributed by atoms with Crippen LogP contribution in [-0.4, -0.2) is 48.7 Å². The summed E-state index contributed by atoms with van der Waals surface area (Å²) in [5.41, 5.74) is 1.42. The Morgan fingerprint density at radius 3 is 2.71 bits per heavy atom. The molecule has 3 rings (SSSR count). The Morgan fingerprint density at radius 2 is 2.00 bits per heavy atom. The Balaban J connectivity index is 1.77. The number of hydrogen-bond acceptors (Lipinski definition) is 5. The molecule has 24 heavy (non-hydrogen) atoms. The minimum atomic E-state index is -0.0279. The minimum absolute atomic E-state index is 0.0279. The van der Waals surface area contributed by atoms with Crippen molar-refractivity contribution in [3.8, 4) is 5.75 Å². The van der Waals surface area contributed by atoms with Crippen molar-refractivity contribution in [3.63, 3.8) is 0 Å². The summed E-state index contributed by atoms with van der Waals surface area (Å²) in [4.78, 5) is 18.8. The van der Waals surface area contributed by atoms with Gasteiger partial charge in [-0.3, -0.25) is 4.79 Å². The third kappa shape index (κ3) is 3.83. The number of nitrogens with one attached hydrogen (secondary N) is 1. The van der Waals surface area contributed by atoms with Gasteiger partial charge in [-0.1, -0.05) is 0 Å². The number of anilines is 2. The van der Waals surface area contributed by atoms with Gasteiger partial charge in [-0.2, -0.15) is 0 Å². The van der Waals surface area contributed by atoms with E-state index in [1.54, 1.807) is 23.2 Å². The van der Waals surface area contributed by atoms with Gasteiger partial charge in [-0.25, -0.2) is 4.98 Å². The number of carbonyl (C=O) groups excluding carboxylic acids is 1. The molecule has 6 nitrogen and oxygen atoms in total. The van der Waals surface area contributed by atoms with Gasteiger partial charge in [-0.15, -0.1) is 0 Å². The number of morpholine rings is 1. The lowest BCUT2D eigenvalue weighted by Gasteiger charge is -2.27. The molecule has 0 aliphatic carbocycles. The molecule has 1 aromatic heterocycles. The lowest BCUT2D eigenvalue weighted by Crippen LogP contribution is -2.40. The second kappa shape index (κ2) is 7.79. The Bertz CT molecular complexity index is 682. The highest BCUT2D eigenvalue weighted by atomic mass is 16.5. The number of hydrogen-bond donors (Lipinski definition) is 1. The molecule has 2 heterocycles. The average molecular weight is 327 g/mol. The van der Waals surface area contributed by atoms with E-state index in [4.69, 9.17) is 9.47 Å². The molecule has 1 aliphatic heterocycles. The number of rotatable bonds is 5. The predicted molar refractivity (Wildman–Crippen MR) is 91.9 cm³/mol. The van der Waals surface area contributed by atoms with E-state index in [1.807, 2.05) is 31.2 Å². The van der Waals surface area contributed by atoms with E-state index in [9.17, 15) is 4.79 Å². The van der Waals surface area contributed by atoms with E-state index in [1.165, 1.54) is 0 Å². The van der Waals surface area contributed by atoms with Crippen molar-refractivity contribution < 1.29 is 14.3 Å². The quantitative estimate of drug-likeness (QED) is 0.915. The molecule has 0 saturated carbocycles. The fourth-order valence-electron chi connectivity index (χ4n) is 2.55. The van der Waals surface area contributed by atoms with Crippen molar-refractivity contribution in [2.75, 3.05) is 38.2 Å². The Hall–Kier alpha value is -2.60. The molecule has 1 N–H and O–H groups in total. The predicted octanol–water partition coefficient (Wildman–Crippen LogP) is 2.70. The zero-order valence-corrected chi connectivity index (χ0v) is 13.7. The summed E-state index contributed by atoms with van der Waals surface area (Å²) in [6, 6.07) is 11.2. The van der Waals surface area contributed by atoms with Crippen LogP contribution in [0.4, 0.5) is 11.5 Å². The number of benzene rings is 1. The van der Waals surface area contributed by atoms with Crippen molar-refractivity contribution in [2.24, 2.45) is 0 Å². The summed E-state index contributed by atoms with van der Waals surface area (Å²) < 4.78 is 10.7. The first-order valence-corrected chi connectivity index (χ1v) is 8.10. The van der Waals surface area contributed by atoms with Gasteiger partial charge >= 0.3 is 0 Å². The number of nitrogens with zero attached hydrogens (tertiary/aromatic N) is 2. The summed E-state index contributed by atoms with van der Waals surface area (Å²) >= 11 is 0. The average Bonchev–Trinajstić information content (AvgIpc) is 2.64. The van der Waals surface area contributed by atoms with Gasteiger partial charge < -0.3 is 19.7 Å². The first kappa shape index (κ1) is 16.3. The van der Waals surface area contributed by atoms with Gasteiger partial charge in [0, 0.05) is 25.0 Å². The SMILES string of the molecule is CCOc1ccc(Nc2ncccc2C(=O)N2CCOCC2)cc1. The fraction of sp³-hybridized carbons (Fsp3) is 0.333. The van der Waals surface area contributed by atoms with Crippen molar-refractivity contribution in [2.45, 2.75) is 6.92 Å². The summed E-state index contributed by atoms with van der Waals surface area (Å²) in [7, 11) is 0. The monoisotopic (exact) mass is 327 g/mol. The molecule has 0 unspecified atom stereocenters. The van der Waals surface area contributed by atoms with E-state index >= 15 is 0 Å². The number of aromatic nitrogens is 1. The number of ether oxygens (including phenoxy) is 2. The van der Waals surface area contributed by atoms with Crippen LogP contribution >= 0.6 is 0 Å². The highest BCUT2D eigenvalue weighted by Gasteiger charge is 2.21. The molecular weight excluding hydrogens is 306 g/mol.